The van der Waals surface area contributed by atoms with E-state index in [2.05, 4.69) is 4.72 Å². The van der Waals surface area contributed by atoms with Crippen molar-refractivity contribution in [1.29, 1.82) is 0 Å². The molecule has 0 aromatic heterocycles. The summed E-state index contributed by atoms with van der Waals surface area (Å²) in [5.41, 5.74) is 4.64. The van der Waals surface area contributed by atoms with Crippen LogP contribution in [-0.4, -0.2) is 32.2 Å². The molecule has 116 valence electrons. The fourth-order valence-electron chi connectivity index (χ4n) is 2.26. The van der Waals surface area contributed by atoms with Crippen molar-refractivity contribution in [2.45, 2.75) is 30.2 Å². The largest absolute Gasteiger partial charge is 0.389 e. The number of sulfonamides is 1. The molecule has 0 spiro atoms. The average Bonchev–Trinajstić information content (AvgIpc) is 2.38. The summed E-state index contributed by atoms with van der Waals surface area (Å²) in [5, 5.41) is 0. The Balaban J connectivity index is 2.31. The quantitative estimate of drug-likeness (QED) is 0.813. The molecule has 1 heterocycles. The Morgan fingerprint density at radius 3 is 2.81 bits per heavy atom. The highest BCUT2D eigenvalue weighted by Gasteiger charge is 2.33. The number of hydrogen-bond donors (Lipinski definition) is 2. The molecule has 8 heteroatoms. The Bertz CT molecular complexity index is 655. The lowest BCUT2D eigenvalue weighted by Gasteiger charge is -2.33. The first kappa shape index (κ1) is 16.3. The number of nitrogens with two attached hydrogens (primary N) is 1. The molecule has 1 saturated heterocycles. The second kappa shape index (κ2) is 5.96. The number of nitrogens with one attached hydrogen (secondary N) is 1. The van der Waals surface area contributed by atoms with Crippen LogP contribution in [0.15, 0.2) is 23.1 Å². The molecule has 1 aliphatic rings. The van der Waals surface area contributed by atoms with E-state index in [1.807, 2.05) is 0 Å². The van der Waals surface area contributed by atoms with Crippen LogP contribution in [0, 0.1) is 5.82 Å². The van der Waals surface area contributed by atoms with E-state index in [4.69, 9.17) is 22.7 Å². The molecule has 1 aromatic rings. The smallest absolute Gasteiger partial charge is 0.241 e. The van der Waals surface area contributed by atoms with Crippen molar-refractivity contribution >= 4 is 27.2 Å². The molecular formula is C13H17FN2O3S2. The van der Waals surface area contributed by atoms with Crippen molar-refractivity contribution < 1.29 is 17.5 Å². The van der Waals surface area contributed by atoms with Gasteiger partial charge in [-0.2, -0.15) is 0 Å². The summed E-state index contributed by atoms with van der Waals surface area (Å²) in [7, 11) is -3.80. The molecule has 2 rings (SSSR count). The van der Waals surface area contributed by atoms with E-state index in [1.54, 1.807) is 6.92 Å². The lowest BCUT2D eigenvalue weighted by Crippen LogP contribution is -2.51. The number of rotatable bonds is 4. The standard InChI is InChI=1S/C13H17FN2O3S2/c1-13(5-2-6-19-8-13)16-21(17,18)9-3-4-11(14)10(7-9)12(15)20/h3-4,7,16H,2,5-6,8H2,1H3,(H2,15,20). The Hall–Kier alpha value is -1.09. The van der Waals surface area contributed by atoms with Gasteiger partial charge in [-0.05, 0) is 38.0 Å². The highest BCUT2D eigenvalue weighted by molar-refractivity contribution is 7.89. The van der Waals surface area contributed by atoms with Crippen molar-refractivity contribution in [1.82, 2.24) is 4.72 Å². The maximum atomic E-state index is 13.5. The van der Waals surface area contributed by atoms with Gasteiger partial charge in [-0.1, -0.05) is 12.2 Å². The molecule has 0 radical (unpaired) electrons. The van der Waals surface area contributed by atoms with Crippen LogP contribution in [0.4, 0.5) is 4.39 Å². The van der Waals surface area contributed by atoms with Gasteiger partial charge in [0.15, 0.2) is 0 Å². The van der Waals surface area contributed by atoms with Crippen LogP contribution >= 0.6 is 12.2 Å². The summed E-state index contributed by atoms with van der Waals surface area (Å²) in [6.45, 7) is 2.71. The minimum Gasteiger partial charge on any atom is -0.389 e. The van der Waals surface area contributed by atoms with Crippen LogP contribution in [0.1, 0.15) is 25.3 Å². The maximum absolute atomic E-state index is 13.5. The third-order valence-corrected chi connectivity index (χ3v) is 5.19. The Morgan fingerprint density at radius 1 is 1.52 bits per heavy atom. The van der Waals surface area contributed by atoms with Crippen LogP contribution in [0.3, 0.4) is 0 Å². The number of hydrogen-bond acceptors (Lipinski definition) is 4. The third-order valence-electron chi connectivity index (χ3n) is 3.33. The van der Waals surface area contributed by atoms with E-state index in [9.17, 15) is 12.8 Å². The second-order valence-electron chi connectivity index (χ2n) is 5.33. The molecule has 0 aliphatic carbocycles. The zero-order valence-corrected chi connectivity index (χ0v) is 13.2. The van der Waals surface area contributed by atoms with Gasteiger partial charge in [-0.15, -0.1) is 0 Å². The zero-order chi connectivity index (χ0) is 15.7. The summed E-state index contributed by atoms with van der Waals surface area (Å²) in [4.78, 5) is -0.254. The Labute approximate surface area is 128 Å². The summed E-state index contributed by atoms with van der Waals surface area (Å²) in [6.07, 6.45) is 1.45. The summed E-state index contributed by atoms with van der Waals surface area (Å²) in [5.74, 6) is -0.645. The van der Waals surface area contributed by atoms with E-state index in [0.29, 0.717) is 19.6 Å². The third kappa shape index (κ3) is 3.76. The van der Waals surface area contributed by atoms with Crippen LogP contribution in [0.25, 0.3) is 0 Å². The van der Waals surface area contributed by atoms with E-state index in [-0.39, 0.29) is 15.4 Å². The Kier molecular flexibility index (Phi) is 4.62. The molecule has 0 saturated carbocycles. The van der Waals surface area contributed by atoms with Gasteiger partial charge in [-0.25, -0.2) is 17.5 Å². The molecule has 0 amide bonds. The predicted molar refractivity (Wildman–Crippen MR) is 81.1 cm³/mol. The molecule has 1 fully saturated rings. The maximum Gasteiger partial charge on any atom is 0.241 e. The predicted octanol–water partition coefficient (Wildman–Crippen LogP) is 1.31. The van der Waals surface area contributed by atoms with E-state index >= 15 is 0 Å². The lowest BCUT2D eigenvalue weighted by atomic mass is 9.97. The average molecular weight is 332 g/mol. The topological polar surface area (TPSA) is 81.4 Å². The molecule has 1 aromatic carbocycles. The fourth-order valence-corrected chi connectivity index (χ4v) is 3.86. The van der Waals surface area contributed by atoms with Crippen molar-refractivity contribution in [2.24, 2.45) is 5.73 Å². The molecule has 1 atom stereocenters. The van der Waals surface area contributed by atoms with Gasteiger partial charge in [0.1, 0.15) is 10.8 Å². The minimum absolute atomic E-state index is 0.0708. The summed E-state index contributed by atoms with van der Waals surface area (Å²) < 4.78 is 46.3. The van der Waals surface area contributed by atoms with Gasteiger partial charge in [0.2, 0.25) is 10.0 Å². The van der Waals surface area contributed by atoms with Crippen molar-refractivity contribution in [3.8, 4) is 0 Å². The van der Waals surface area contributed by atoms with Gasteiger partial charge in [0.25, 0.3) is 0 Å². The molecule has 21 heavy (non-hydrogen) atoms. The summed E-state index contributed by atoms with van der Waals surface area (Å²) in [6, 6.07) is 3.38. The van der Waals surface area contributed by atoms with Crippen LogP contribution in [0.2, 0.25) is 0 Å². The minimum atomic E-state index is -3.80. The second-order valence-corrected chi connectivity index (χ2v) is 7.45. The number of halogens is 1. The fraction of sp³-hybridized carbons (Fsp3) is 0.462. The number of benzene rings is 1. The van der Waals surface area contributed by atoms with E-state index < -0.39 is 21.4 Å². The first-order valence-electron chi connectivity index (χ1n) is 6.45. The van der Waals surface area contributed by atoms with Gasteiger partial charge >= 0.3 is 0 Å². The van der Waals surface area contributed by atoms with Crippen LogP contribution < -0.4 is 10.5 Å². The molecule has 5 nitrogen and oxygen atoms in total. The van der Waals surface area contributed by atoms with E-state index in [1.165, 1.54) is 6.07 Å². The number of ether oxygens (including phenoxy) is 1. The van der Waals surface area contributed by atoms with Crippen LogP contribution in [0.5, 0.6) is 0 Å². The first-order valence-corrected chi connectivity index (χ1v) is 8.34. The number of thiocarbonyl (C=S) groups is 1. The molecular weight excluding hydrogens is 315 g/mol. The monoisotopic (exact) mass is 332 g/mol. The van der Waals surface area contributed by atoms with Gasteiger partial charge in [0.05, 0.1) is 17.0 Å². The van der Waals surface area contributed by atoms with Crippen molar-refractivity contribution in [3.63, 3.8) is 0 Å². The lowest BCUT2D eigenvalue weighted by molar-refractivity contribution is 0.0386. The normalized spacial score (nSPS) is 23.0. The molecule has 0 bridgehead atoms. The van der Waals surface area contributed by atoms with Crippen molar-refractivity contribution in [3.05, 3.63) is 29.6 Å². The highest BCUT2D eigenvalue weighted by Crippen LogP contribution is 2.22. The molecule has 1 unspecified atom stereocenters. The van der Waals surface area contributed by atoms with Crippen LogP contribution in [-0.2, 0) is 14.8 Å². The van der Waals surface area contributed by atoms with Crippen molar-refractivity contribution in [2.75, 3.05) is 13.2 Å². The molecule has 3 N–H and O–H groups in total. The zero-order valence-electron chi connectivity index (χ0n) is 11.6. The highest BCUT2D eigenvalue weighted by atomic mass is 32.2. The van der Waals surface area contributed by atoms with E-state index in [0.717, 1.165) is 18.6 Å². The Morgan fingerprint density at radius 2 is 2.24 bits per heavy atom. The van der Waals surface area contributed by atoms with Gasteiger partial charge in [-0.3, -0.25) is 0 Å². The summed E-state index contributed by atoms with van der Waals surface area (Å²) >= 11 is 4.72. The van der Waals surface area contributed by atoms with Gasteiger partial charge in [0, 0.05) is 12.2 Å². The first-order chi connectivity index (χ1) is 9.73. The molecule has 1 aliphatic heterocycles. The van der Waals surface area contributed by atoms with Gasteiger partial charge < -0.3 is 10.5 Å². The SMILES string of the molecule is CC1(NS(=O)(=O)c2ccc(F)c(C(N)=S)c2)CCCOC1.